The maximum Gasteiger partial charge on any atom is 0.334 e. The Morgan fingerprint density at radius 3 is 2.38 bits per heavy atom. The van der Waals surface area contributed by atoms with Gasteiger partial charge in [0.1, 0.15) is 0 Å². The summed E-state index contributed by atoms with van der Waals surface area (Å²) in [7, 11) is 0. The molecule has 0 aromatic rings. The SMILES string of the molecule is CCOC(=O)C(C)OCCC(C)C. The van der Waals surface area contributed by atoms with E-state index in [4.69, 9.17) is 9.47 Å². The average molecular weight is 188 g/mol. The molecular formula is C10H20O3. The van der Waals surface area contributed by atoms with Gasteiger partial charge in [-0.25, -0.2) is 4.79 Å². The first-order chi connectivity index (χ1) is 6.07. The quantitative estimate of drug-likeness (QED) is 0.598. The van der Waals surface area contributed by atoms with Gasteiger partial charge in [0.2, 0.25) is 0 Å². The van der Waals surface area contributed by atoms with Crippen LogP contribution in [0.4, 0.5) is 0 Å². The van der Waals surface area contributed by atoms with E-state index in [1.807, 2.05) is 0 Å². The van der Waals surface area contributed by atoms with Crippen molar-refractivity contribution in [2.45, 2.75) is 40.2 Å². The summed E-state index contributed by atoms with van der Waals surface area (Å²) in [5.41, 5.74) is 0. The summed E-state index contributed by atoms with van der Waals surface area (Å²) in [6, 6.07) is 0. The Morgan fingerprint density at radius 2 is 1.92 bits per heavy atom. The van der Waals surface area contributed by atoms with E-state index in [-0.39, 0.29) is 5.97 Å². The van der Waals surface area contributed by atoms with E-state index in [1.54, 1.807) is 13.8 Å². The highest BCUT2D eigenvalue weighted by molar-refractivity contribution is 5.74. The minimum Gasteiger partial charge on any atom is -0.464 e. The largest absolute Gasteiger partial charge is 0.464 e. The van der Waals surface area contributed by atoms with Crippen LogP contribution in [0.15, 0.2) is 0 Å². The zero-order valence-electron chi connectivity index (χ0n) is 9.00. The minimum absolute atomic E-state index is 0.272. The second-order valence-corrected chi connectivity index (χ2v) is 3.45. The van der Waals surface area contributed by atoms with Gasteiger partial charge in [0.05, 0.1) is 6.61 Å². The van der Waals surface area contributed by atoms with Crippen molar-refractivity contribution in [2.24, 2.45) is 5.92 Å². The standard InChI is InChI=1S/C10H20O3/c1-5-12-10(11)9(4)13-7-6-8(2)3/h8-9H,5-7H2,1-4H3. The van der Waals surface area contributed by atoms with Gasteiger partial charge in [-0.15, -0.1) is 0 Å². The molecule has 0 aliphatic rings. The summed E-state index contributed by atoms with van der Waals surface area (Å²) in [6.45, 7) is 8.79. The lowest BCUT2D eigenvalue weighted by atomic mass is 10.1. The number of hydrogen-bond donors (Lipinski definition) is 0. The molecule has 0 fully saturated rings. The molecule has 0 aromatic heterocycles. The van der Waals surface area contributed by atoms with Crippen molar-refractivity contribution in [3.05, 3.63) is 0 Å². The van der Waals surface area contributed by atoms with Gasteiger partial charge in [-0.05, 0) is 26.2 Å². The van der Waals surface area contributed by atoms with Gasteiger partial charge in [0.15, 0.2) is 6.10 Å². The molecule has 3 heteroatoms. The summed E-state index contributed by atoms with van der Waals surface area (Å²) in [6.07, 6.45) is 0.544. The van der Waals surface area contributed by atoms with Crippen molar-refractivity contribution in [2.75, 3.05) is 13.2 Å². The molecule has 0 rings (SSSR count). The molecule has 0 heterocycles. The van der Waals surface area contributed by atoms with Gasteiger partial charge in [0.25, 0.3) is 0 Å². The molecule has 0 N–H and O–H groups in total. The molecule has 3 nitrogen and oxygen atoms in total. The Bertz CT molecular complexity index is 143. The molecular weight excluding hydrogens is 168 g/mol. The molecule has 0 radical (unpaired) electrons. The highest BCUT2D eigenvalue weighted by atomic mass is 16.6. The maximum atomic E-state index is 11.1. The van der Waals surface area contributed by atoms with Crippen LogP contribution >= 0.6 is 0 Å². The summed E-state index contributed by atoms with van der Waals surface area (Å²) in [5, 5.41) is 0. The third-order valence-corrected chi connectivity index (χ3v) is 1.68. The molecule has 0 amide bonds. The van der Waals surface area contributed by atoms with E-state index in [0.717, 1.165) is 6.42 Å². The summed E-state index contributed by atoms with van der Waals surface area (Å²) >= 11 is 0. The van der Waals surface area contributed by atoms with E-state index >= 15 is 0 Å². The summed E-state index contributed by atoms with van der Waals surface area (Å²) in [4.78, 5) is 11.1. The molecule has 0 saturated heterocycles. The first kappa shape index (κ1) is 12.4. The van der Waals surface area contributed by atoms with Crippen LogP contribution in [0.1, 0.15) is 34.1 Å². The topological polar surface area (TPSA) is 35.5 Å². The van der Waals surface area contributed by atoms with Gasteiger partial charge in [-0.1, -0.05) is 13.8 Å². The normalized spacial score (nSPS) is 13.0. The average Bonchev–Trinajstić information content (AvgIpc) is 2.04. The lowest BCUT2D eigenvalue weighted by molar-refractivity contribution is -0.155. The third kappa shape index (κ3) is 6.58. The highest BCUT2D eigenvalue weighted by Gasteiger charge is 2.13. The van der Waals surface area contributed by atoms with Crippen LogP contribution in [0, 0.1) is 5.92 Å². The molecule has 78 valence electrons. The molecule has 1 atom stereocenters. The molecule has 0 saturated carbocycles. The number of carbonyl (C=O) groups is 1. The Kier molecular flexibility index (Phi) is 6.59. The van der Waals surface area contributed by atoms with Gasteiger partial charge in [0, 0.05) is 6.61 Å². The van der Waals surface area contributed by atoms with Crippen LogP contribution in [-0.4, -0.2) is 25.3 Å². The van der Waals surface area contributed by atoms with E-state index in [2.05, 4.69) is 13.8 Å². The first-order valence-electron chi connectivity index (χ1n) is 4.86. The van der Waals surface area contributed by atoms with Gasteiger partial charge >= 0.3 is 5.97 Å². The van der Waals surface area contributed by atoms with E-state index in [0.29, 0.717) is 19.1 Å². The first-order valence-corrected chi connectivity index (χ1v) is 4.86. The second kappa shape index (κ2) is 6.89. The predicted molar refractivity (Wildman–Crippen MR) is 51.5 cm³/mol. The Hall–Kier alpha value is -0.570. The molecule has 0 aromatic carbocycles. The lowest BCUT2D eigenvalue weighted by Gasteiger charge is -2.12. The van der Waals surface area contributed by atoms with Crippen molar-refractivity contribution in [1.29, 1.82) is 0 Å². The fourth-order valence-corrected chi connectivity index (χ4v) is 0.808. The fourth-order valence-electron chi connectivity index (χ4n) is 0.808. The summed E-state index contributed by atoms with van der Waals surface area (Å²) < 4.78 is 10.1. The lowest BCUT2D eigenvalue weighted by Crippen LogP contribution is -2.24. The van der Waals surface area contributed by atoms with Crippen molar-refractivity contribution >= 4 is 5.97 Å². The predicted octanol–water partition coefficient (Wildman–Crippen LogP) is 2.00. The van der Waals surface area contributed by atoms with Crippen LogP contribution in [0.25, 0.3) is 0 Å². The smallest absolute Gasteiger partial charge is 0.334 e. The zero-order chi connectivity index (χ0) is 10.3. The van der Waals surface area contributed by atoms with E-state index < -0.39 is 6.10 Å². The molecule has 1 unspecified atom stereocenters. The van der Waals surface area contributed by atoms with Crippen molar-refractivity contribution in [1.82, 2.24) is 0 Å². The number of carbonyl (C=O) groups excluding carboxylic acids is 1. The van der Waals surface area contributed by atoms with E-state index in [9.17, 15) is 4.79 Å². The Balaban J connectivity index is 3.49. The number of rotatable bonds is 6. The van der Waals surface area contributed by atoms with E-state index in [1.165, 1.54) is 0 Å². The van der Waals surface area contributed by atoms with Crippen molar-refractivity contribution in [3.8, 4) is 0 Å². The van der Waals surface area contributed by atoms with Crippen LogP contribution in [-0.2, 0) is 14.3 Å². The monoisotopic (exact) mass is 188 g/mol. The zero-order valence-corrected chi connectivity index (χ0v) is 9.00. The Morgan fingerprint density at radius 1 is 1.31 bits per heavy atom. The molecule has 0 aliphatic carbocycles. The fraction of sp³-hybridized carbons (Fsp3) is 0.900. The Labute approximate surface area is 80.4 Å². The number of hydrogen-bond acceptors (Lipinski definition) is 3. The van der Waals surface area contributed by atoms with Gasteiger partial charge in [-0.2, -0.15) is 0 Å². The van der Waals surface area contributed by atoms with Crippen LogP contribution in [0.2, 0.25) is 0 Å². The minimum atomic E-state index is -0.432. The maximum absolute atomic E-state index is 11.1. The summed E-state index contributed by atoms with van der Waals surface area (Å²) in [5.74, 6) is 0.334. The van der Waals surface area contributed by atoms with Gasteiger partial charge in [-0.3, -0.25) is 0 Å². The van der Waals surface area contributed by atoms with Crippen LogP contribution in [0.5, 0.6) is 0 Å². The molecule has 0 spiro atoms. The van der Waals surface area contributed by atoms with Gasteiger partial charge < -0.3 is 9.47 Å². The number of ether oxygens (including phenoxy) is 2. The highest BCUT2D eigenvalue weighted by Crippen LogP contribution is 2.02. The molecule has 13 heavy (non-hydrogen) atoms. The number of esters is 1. The third-order valence-electron chi connectivity index (χ3n) is 1.68. The molecule has 0 bridgehead atoms. The molecule has 0 aliphatic heterocycles. The van der Waals surface area contributed by atoms with Crippen molar-refractivity contribution in [3.63, 3.8) is 0 Å². The second-order valence-electron chi connectivity index (χ2n) is 3.45. The van der Waals surface area contributed by atoms with Crippen LogP contribution in [0.3, 0.4) is 0 Å². The van der Waals surface area contributed by atoms with Crippen molar-refractivity contribution < 1.29 is 14.3 Å². The van der Waals surface area contributed by atoms with Crippen LogP contribution < -0.4 is 0 Å².